The lowest BCUT2D eigenvalue weighted by molar-refractivity contribution is -0.357. The molecule has 16 heteroatoms. The molecule has 16 nitrogen and oxygen atoms in total. The molecule has 0 aromatic carbocycles. The third-order valence-corrected chi connectivity index (χ3v) is 6.54. The average Bonchev–Trinajstić information content (AvgIpc) is 2.97. The number of hydrogen-bond donors (Lipinski definition) is 0. The van der Waals surface area contributed by atoms with Crippen molar-refractivity contribution in [2.75, 3.05) is 6.61 Å². The van der Waals surface area contributed by atoms with Crippen molar-refractivity contribution in [1.29, 1.82) is 0 Å². The highest BCUT2D eigenvalue weighted by atomic mass is 16.8. The first-order valence-electron chi connectivity index (χ1n) is 14.3. The fourth-order valence-electron chi connectivity index (χ4n) is 4.83. The van der Waals surface area contributed by atoms with Gasteiger partial charge in [0.15, 0.2) is 30.7 Å². The molecule has 0 N–H and O–H groups in total. The van der Waals surface area contributed by atoms with E-state index in [-0.39, 0.29) is 0 Å². The topological polar surface area (TPSA) is 195 Å². The molecule has 47 heavy (non-hydrogen) atoms. The molecule has 0 unspecified atom stereocenters. The average molecular weight is 665 g/mol. The van der Waals surface area contributed by atoms with Crippen LogP contribution in [0.2, 0.25) is 0 Å². The maximum absolute atomic E-state index is 12.7. The van der Waals surface area contributed by atoms with Crippen molar-refractivity contribution in [3.63, 3.8) is 0 Å². The van der Waals surface area contributed by atoms with Gasteiger partial charge in [0.25, 0.3) is 0 Å². The van der Waals surface area contributed by atoms with E-state index in [2.05, 4.69) is 17.8 Å². The van der Waals surface area contributed by atoms with Crippen LogP contribution in [0.3, 0.4) is 0 Å². The Labute approximate surface area is 271 Å². The van der Waals surface area contributed by atoms with Gasteiger partial charge in [-0.3, -0.25) is 24.0 Å². The van der Waals surface area contributed by atoms with E-state index < -0.39 is 104 Å². The third kappa shape index (κ3) is 11.8. The third-order valence-electron chi connectivity index (χ3n) is 6.54. The first-order chi connectivity index (χ1) is 22.2. The fourth-order valence-corrected chi connectivity index (χ4v) is 4.83. The van der Waals surface area contributed by atoms with Gasteiger partial charge in [-0.05, 0) is 18.3 Å². The molecule has 0 amide bonds. The predicted octanol–water partition coefficient (Wildman–Crippen LogP) is 0.908. The normalized spacial score (nSPS) is 29.4. The highest BCUT2D eigenvalue weighted by molar-refractivity contribution is 5.68. The Morgan fingerprint density at radius 1 is 0.638 bits per heavy atom. The van der Waals surface area contributed by atoms with E-state index in [1.807, 2.05) is 12.0 Å². The van der Waals surface area contributed by atoms with Gasteiger partial charge in [0.05, 0.1) is 6.10 Å². The predicted molar refractivity (Wildman–Crippen MR) is 152 cm³/mol. The van der Waals surface area contributed by atoms with Crippen LogP contribution in [0.4, 0.5) is 4.79 Å². The van der Waals surface area contributed by atoms with Crippen molar-refractivity contribution >= 4 is 36.0 Å². The Balaban J connectivity index is 2.65. The Hall–Kier alpha value is -4.82. The summed E-state index contributed by atoms with van der Waals surface area (Å²) in [7, 11) is 0. The van der Waals surface area contributed by atoms with Gasteiger partial charge in [0.2, 0.25) is 6.29 Å². The second kappa shape index (κ2) is 18.4. The van der Waals surface area contributed by atoms with Crippen LogP contribution in [-0.4, -0.2) is 97.9 Å². The second-order valence-corrected chi connectivity index (χ2v) is 10.1. The minimum atomic E-state index is -1.76. The molecule has 2 rings (SSSR count). The summed E-state index contributed by atoms with van der Waals surface area (Å²) in [4.78, 5) is 73.2. The monoisotopic (exact) mass is 664 g/mol. The number of terminal acetylenes is 1. The maximum atomic E-state index is 12.7. The second-order valence-electron chi connectivity index (χ2n) is 10.1. The first kappa shape index (κ1) is 38.4. The van der Waals surface area contributed by atoms with E-state index in [1.54, 1.807) is 13.8 Å². The molecule has 0 aromatic rings. The van der Waals surface area contributed by atoms with Crippen molar-refractivity contribution in [2.45, 2.75) is 110 Å². The summed E-state index contributed by atoms with van der Waals surface area (Å²) >= 11 is 0. The summed E-state index contributed by atoms with van der Waals surface area (Å²) < 4.78 is 55.2. The van der Waals surface area contributed by atoms with Gasteiger partial charge in [-0.1, -0.05) is 13.8 Å². The van der Waals surface area contributed by atoms with E-state index in [0.717, 1.165) is 34.6 Å². The lowest BCUT2D eigenvalue weighted by atomic mass is 9.88. The molecule has 0 aliphatic carbocycles. The molecular formula is C31H36O16. The van der Waals surface area contributed by atoms with E-state index in [9.17, 15) is 28.8 Å². The van der Waals surface area contributed by atoms with Crippen LogP contribution in [0.1, 0.15) is 54.9 Å². The van der Waals surface area contributed by atoms with E-state index >= 15 is 0 Å². The van der Waals surface area contributed by atoms with E-state index in [4.69, 9.17) is 53.8 Å². The zero-order chi connectivity index (χ0) is 35.3. The molecule has 2 fully saturated rings. The van der Waals surface area contributed by atoms with Gasteiger partial charge >= 0.3 is 36.0 Å². The Morgan fingerprint density at radius 2 is 1.21 bits per heavy atom. The number of esters is 5. The van der Waals surface area contributed by atoms with Gasteiger partial charge in [-0.2, -0.15) is 0 Å². The smallest absolute Gasteiger partial charge is 0.463 e. The number of rotatable bonds is 10. The van der Waals surface area contributed by atoms with E-state index in [1.165, 1.54) is 0 Å². The van der Waals surface area contributed by atoms with Crippen LogP contribution < -0.4 is 0 Å². The standard InChI is InChI=1S/C31H36O16/c1-9-11-12-13-14-38-31(37)47-26-25(41-19(6)34)23(15-39-17(4)32)45-30(28(26)42-20(7)35)46-27-24(40-18(5)33)16(3)22(10-2)44-29(27)43-21(8)36/h1,16,22-30H,10,15H2,2-8H3/t16-,22+,23-,24+,25-,26+,27+,28+,29+,30-/m1/s1. The zero-order valence-corrected chi connectivity index (χ0v) is 26.8. The summed E-state index contributed by atoms with van der Waals surface area (Å²) in [5.74, 6) is 3.99. The first-order valence-corrected chi connectivity index (χ1v) is 14.3. The molecule has 2 heterocycles. The summed E-state index contributed by atoms with van der Waals surface area (Å²) in [5, 5.41) is 0. The van der Waals surface area contributed by atoms with Crippen molar-refractivity contribution in [3.8, 4) is 36.2 Å². The number of hydrogen-bond acceptors (Lipinski definition) is 16. The lowest BCUT2D eigenvalue weighted by Crippen LogP contribution is -2.65. The van der Waals surface area contributed by atoms with Gasteiger partial charge in [0, 0.05) is 52.4 Å². The number of ether oxygens (including phenoxy) is 10. The van der Waals surface area contributed by atoms with Crippen molar-refractivity contribution in [2.24, 2.45) is 5.92 Å². The van der Waals surface area contributed by atoms with Gasteiger partial charge in [-0.25, -0.2) is 4.79 Å². The summed E-state index contributed by atoms with van der Waals surface area (Å²) in [6.45, 7) is 8.39. The molecule has 2 aliphatic heterocycles. The fraction of sp³-hybridized carbons (Fsp3) is 0.613. The molecule has 0 bridgehead atoms. The highest BCUT2D eigenvalue weighted by Crippen LogP contribution is 2.37. The molecule has 2 saturated heterocycles. The number of carbonyl (C=O) groups is 6. The van der Waals surface area contributed by atoms with Crippen LogP contribution in [0.15, 0.2) is 0 Å². The lowest BCUT2D eigenvalue weighted by Gasteiger charge is -2.48. The Kier molecular flexibility index (Phi) is 15.0. The molecule has 10 atom stereocenters. The largest absolute Gasteiger partial charge is 0.523 e. The molecule has 256 valence electrons. The summed E-state index contributed by atoms with van der Waals surface area (Å²) in [6.07, 6.45) is -6.87. The molecule has 0 aromatic heterocycles. The van der Waals surface area contributed by atoms with Crippen LogP contribution in [0, 0.1) is 42.1 Å². The Bertz CT molecular complexity index is 1340. The Morgan fingerprint density at radius 3 is 1.77 bits per heavy atom. The molecule has 0 radical (unpaired) electrons. The van der Waals surface area contributed by atoms with Crippen LogP contribution >= 0.6 is 0 Å². The van der Waals surface area contributed by atoms with Gasteiger partial charge < -0.3 is 47.4 Å². The molecular weight excluding hydrogens is 628 g/mol. The van der Waals surface area contributed by atoms with Crippen LogP contribution in [-0.2, 0) is 71.3 Å². The van der Waals surface area contributed by atoms with Crippen LogP contribution in [0.5, 0.6) is 0 Å². The molecule has 2 aliphatic rings. The van der Waals surface area contributed by atoms with Crippen LogP contribution in [0.25, 0.3) is 0 Å². The SMILES string of the molecule is C#CC#CC#COC(=O)O[C@@H]1[C@H](OC(C)=O)[C@@H](O[C@@H]2[C@@H](OC(C)=O)O[C@@H](CC)[C@@H](C)[C@@H]2OC(C)=O)O[C@H](COC(C)=O)[C@H]1OC(C)=O. The van der Waals surface area contributed by atoms with Crippen molar-refractivity contribution < 1.29 is 76.1 Å². The minimum Gasteiger partial charge on any atom is -0.463 e. The quantitative estimate of drug-likeness (QED) is 0.181. The maximum Gasteiger partial charge on any atom is 0.523 e. The van der Waals surface area contributed by atoms with Crippen molar-refractivity contribution in [1.82, 2.24) is 0 Å². The zero-order valence-electron chi connectivity index (χ0n) is 26.8. The summed E-state index contributed by atoms with van der Waals surface area (Å²) in [5.41, 5.74) is 0. The molecule has 0 spiro atoms. The highest BCUT2D eigenvalue weighted by Gasteiger charge is 2.56. The summed E-state index contributed by atoms with van der Waals surface area (Å²) in [6, 6.07) is 0. The minimum absolute atomic E-state index is 0.434. The van der Waals surface area contributed by atoms with Crippen molar-refractivity contribution in [3.05, 3.63) is 0 Å². The van der Waals surface area contributed by atoms with Gasteiger partial charge in [0.1, 0.15) is 24.9 Å². The number of carbonyl (C=O) groups excluding carboxylic acids is 6. The van der Waals surface area contributed by atoms with E-state index in [0.29, 0.717) is 6.42 Å². The van der Waals surface area contributed by atoms with Gasteiger partial charge in [-0.15, -0.1) is 6.42 Å². The molecule has 0 saturated carbocycles.